The van der Waals surface area contributed by atoms with Crippen molar-refractivity contribution in [3.05, 3.63) is 41.8 Å². The number of carbonyl (C=O) groups is 1. The van der Waals surface area contributed by atoms with Gasteiger partial charge in [-0.05, 0) is 12.1 Å². The monoisotopic (exact) mass is 235 g/mol. The van der Waals surface area contributed by atoms with Crippen LogP contribution in [0.3, 0.4) is 0 Å². The summed E-state index contributed by atoms with van der Waals surface area (Å²) in [6.45, 7) is -0.194. The quantitative estimate of drug-likeness (QED) is 0.796. The molecule has 0 saturated carbocycles. The maximum absolute atomic E-state index is 10.4. The molecule has 2 aromatic rings. The first-order valence-electron chi connectivity index (χ1n) is 4.63. The van der Waals surface area contributed by atoms with Crippen molar-refractivity contribution in [3.8, 4) is 11.3 Å². The van der Waals surface area contributed by atoms with Gasteiger partial charge in [0.2, 0.25) is 0 Å². The van der Waals surface area contributed by atoms with Crippen molar-refractivity contribution in [1.29, 1.82) is 0 Å². The van der Waals surface area contributed by atoms with E-state index in [0.717, 1.165) is 5.56 Å². The molecule has 0 aliphatic heterocycles. The number of rotatable bonds is 3. The van der Waals surface area contributed by atoms with Crippen LogP contribution in [0.25, 0.3) is 11.3 Å². The van der Waals surface area contributed by atoms with E-state index < -0.39 is 5.97 Å². The van der Waals surface area contributed by atoms with E-state index in [1.165, 1.54) is 10.9 Å². The van der Waals surface area contributed by atoms with Crippen LogP contribution in [0.2, 0.25) is 5.02 Å². The van der Waals surface area contributed by atoms with Crippen LogP contribution in [0.4, 0.5) is 0 Å². The number of carboxylic acids is 1. The van der Waals surface area contributed by atoms with E-state index in [-0.39, 0.29) is 6.54 Å². The molecule has 2 rings (SSSR count). The highest BCUT2D eigenvalue weighted by atomic mass is 35.5. The average molecular weight is 236 g/mol. The van der Waals surface area contributed by atoms with E-state index in [1.54, 1.807) is 18.3 Å². The molecular weight excluding hydrogens is 228 g/mol. The zero-order valence-corrected chi connectivity index (χ0v) is 9.02. The summed E-state index contributed by atoms with van der Waals surface area (Å²) in [5.41, 5.74) is 1.60. The van der Waals surface area contributed by atoms with Crippen molar-refractivity contribution in [3.63, 3.8) is 0 Å². The molecule has 0 aliphatic carbocycles. The number of imidazole rings is 1. The molecule has 0 aliphatic rings. The molecule has 1 heterocycles. The number of hydrogen-bond acceptors (Lipinski definition) is 3. The first kappa shape index (κ1) is 10.7. The minimum Gasteiger partial charge on any atom is -0.548 e. The van der Waals surface area contributed by atoms with Gasteiger partial charge in [-0.2, -0.15) is 0 Å². The summed E-state index contributed by atoms with van der Waals surface area (Å²) in [6.07, 6.45) is 3.11. The fourth-order valence-corrected chi connectivity index (χ4v) is 1.49. The summed E-state index contributed by atoms with van der Waals surface area (Å²) in [5, 5.41) is 11.0. The third-order valence-corrected chi connectivity index (χ3v) is 2.34. The molecular formula is C11H8ClN2O2-. The zero-order chi connectivity index (χ0) is 11.5. The Morgan fingerprint density at radius 3 is 2.69 bits per heavy atom. The molecule has 0 fully saturated rings. The summed E-state index contributed by atoms with van der Waals surface area (Å²) in [5.74, 6) is -1.14. The number of halogens is 1. The number of aromatic nitrogens is 2. The molecule has 4 nitrogen and oxygen atoms in total. The Balaban J connectivity index is 2.24. The molecule has 16 heavy (non-hydrogen) atoms. The van der Waals surface area contributed by atoms with Crippen LogP contribution in [0.5, 0.6) is 0 Å². The van der Waals surface area contributed by atoms with Crippen LogP contribution >= 0.6 is 11.6 Å². The molecule has 82 valence electrons. The lowest BCUT2D eigenvalue weighted by atomic mass is 10.2. The van der Waals surface area contributed by atoms with Gasteiger partial charge in [0.1, 0.15) is 0 Å². The Hall–Kier alpha value is -1.81. The van der Waals surface area contributed by atoms with Crippen molar-refractivity contribution in [2.75, 3.05) is 0 Å². The van der Waals surface area contributed by atoms with E-state index in [1.807, 2.05) is 12.1 Å². The lowest BCUT2D eigenvalue weighted by Gasteiger charge is -2.01. The molecule has 0 spiro atoms. The highest BCUT2D eigenvalue weighted by molar-refractivity contribution is 6.30. The molecule has 5 heteroatoms. The predicted molar refractivity (Wildman–Crippen MR) is 57.7 cm³/mol. The van der Waals surface area contributed by atoms with Gasteiger partial charge in [0.25, 0.3) is 0 Å². The van der Waals surface area contributed by atoms with Gasteiger partial charge in [0.15, 0.2) is 0 Å². The molecule has 1 aromatic carbocycles. The first-order valence-corrected chi connectivity index (χ1v) is 5.00. The molecule has 0 saturated heterocycles. The summed E-state index contributed by atoms with van der Waals surface area (Å²) >= 11 is 5.76. The van der Waals surface area contributed by atoms with Crippen molar-refractivity contribution < 1.29 is 9.90 Å². The van der Waals surface area contributed by atoms with Crippen LogP contribution in [-0.2, 0) is 11.3 Å². The smallest absolute Gasteiger partial charge is 0.0957 e. The van der Waals surface area contributed by atoms with Gasteiger partial charge < -0.3 is 14.5 Å². The second-order valence-electron chi connectivity index (χ2n) is 3.31. The van der Waals surface area contributed by atoms with E-state index in [9.17, 15) is 9.90 Å². The Bertz CT molecular complexity index is 505. The fourth-order valence-electron chi connectivity index (χ4n) is 1.37. The molecule has 1 aromatic heterocycles. The number of carboxylic acid groups (broad SMARTS) is 1. The molecule has 0 unspecified atom stereocenters. The van der Waals surface area contributed by atoms with Crippen LogP contribution in [0, 0.1) is 0 Å². The molecule has 0 amide bonds. The summed E-state index contributed by atoms with van der Waals surface area (Å²) < 4.78 is 1.46. The maximum Gasteiger partial charge on any atom is 0.0957 e. The van der Waals surface area contributed by atoms with Crippen molar-refractivity contribution >= 4 is 17.6 Å². The fraction of sp³-hybridized carbons (Fsp3) is 0.0909. The Morgan fingerprint density at radius 2 is 2.06 bits per heavy atom. The summed E-state index contributed by atoms with van der Waals surface area (Å²) in [4.78, 5) is 14.5. The highest BCUT2D eigenvalue weighted by Gasteiger charge is 2.01. The molecule has 0 N–H and O–H groups in total. The average Bonchev–Trinajstić information content (AvgIpc) is 2.66. The lowest BCUT2D eigenvalue weighted by Crippen LogP contribution is -2.26. The topological polar surface area (TPSA) is 57.9 Å². The number of hydrogen-bond donors (Lipinski definition) is 0. The standard InChI is InChI=1S/C11H9ClN2O2/c12-9-3-1-8(2-4-9)10-5-14(7-13-10)6-11(15)16/h1-5,7H,6H2,(H,15,16)/p-1. The molecule has 0 radical (unpaired) electrons. The lowest BCUT2D eigenvalue weighted by molar-refractivity contribution is -0.306. The van der Waals surface area contributed by atoms with Crippen molar-refractivity contribution in [2.45, 2.75) is 6.54 Å². The zero-order valence-electron chi connectivity index (χ0n) is 8.26. The van der Waals surface area contributed by atoms with Crippen molar-refractivity contribution in [2.24, 2.45) is 0 Å². The SMILES string of the molecule is O=C([O-])Cn1cnc(-c2ccc(Cl)cc2)c1. The predicted octanol–water partition coefficient (Wildman–Crippen LogP) is 0.953. The van der Waals surface area contributed by atoms with Gasteiger partial charge >= 0.3 is 0 Å². The Kier molecular flexibility index (Phi) is 2.92. The number of nitrogens with zero attached hydrogens (tertiary/aromatic N) is 2. The van der Waals surface area contributed by atoms with Crippen LogP contribution in [-0.4, -0.2) is 15.5 Å². The van der Waals surface area contributed by atoms with Crippen LogP contribution < -0.4 is 5.11 Å². The maximum atomic E-state index is 10.4. The normalized spacial score (nSPS) is 10.3. The number of benzene rings is 1. The third-order valence-electron chi connectivity index (χ3n) is 2.08. The van der Waals surface area contributed by atoms with Gasteiger partial charge in [-0.1, -0.05) is 23.7 Å². The van der Waals surface area contributed by atoms with Gasteiger partial charge in [-0.15, -0.1) is 0 Å². The number of carbonyl (C=O) groups excluding carboxylic acids is 1. The van der Waals surface area contributed by atoms with Gasteiger partial charge in [0.05, 0.1) is 24.5 Å². The second-order valence-corrected chi connectivity index (χ2v) is 3.75. The second kappa shape index (κ2) is 4.37. The Morgan fingerprint density at radius 1 is 1.38 bits per heavy atom. The Labute approximate surface area is 97.1 Å². The van der Waals surface area contributed by atoms with Crippen LogP contribution in [0.15, 0.2) is 36.8 Å². The van der Waals surface area contributed by atoms with E-state index in [2.05, 4.69) is 4.98 Å². The van der Waals surface area contributed by atoms with E-state index >= 15 is 0 Å². The third kappa shape index (κ3) is 2.41. The highest BCUT2D eigenvalue weighted by Crippen LogP contribution is 2.19. The number of aliphatic carboxylic acids is 1. The van der Waals surface area contributed by atoms with E-state index in [4.69, 9.17) is 11.6 Å². The largest absolute Gasteiger partial charge is 0.548 e. The van der Waals surface area contributed by atoms with Crippen molar-refractivity contribution in [1.82, 2.24) is 9.55 Å². The molecule has 0 atom stereocenters. The van der Waals surface area contributed by atoms with Crippen LogP contribution in [0.1, 0.15) is 0 Å². The summed E-state index contributed by atoms with van der Waals surface area (Å²) in [6, 6.07) is 7.17. The minimum absolute atomic E-state index is 0.194. The molecule has 0 bridgehead atoms. The van der Waals surface area contributed by atoms with Gasteiger partial charge in [-0.25, -0.2) is 4.98 Å². The van der Waals surface area contributed by atoms with Gasteiger partial charge in [0, 0.05) is 16.8 Å². The first-order chi connectivity index (χ1) is 7.65. The van der Waals surface area contributed by atoms with Gasteiger partial charge in [-0.3, -0.25) is 0 Å². The van der Waals surface area contributed by atoms with E-state index in [0.29, 0.717) is 10.7 Å². The summed E-state index contributed by atoms with van der Waals surface area (Å²) in [7, 11) is 0. The minimum atomic E-state index is -1.14.